The molecule has 2 atom stereocenters. The molecule has 55 heavy (non-hydrogen) atoms. The van der Waals surface area contributed by atoms with Gasteiger partial charge in [0.25, 0.3) is 0 Å². The van der Waals surface area contributed by atoms with Crippen LogP contribution in [-0.4, -0.2) is 44.9 Å². The quantitative estimate of drug-likeness (QED) is 0.109. The van der Waals surface area contributed by atoms with E-state index in [4.69, 9.17) is 9.16 Å². The number of fused-ring (bicyclic) bond motifs is 3. The molecule has 2 unspecified atom stereocenters. The van der Waals surface area contributed by atoms with Gasteiger partial charge >= 0.3 is 6.03 Å². The van der Waals surface area contributed by atoms with Crippen molar-refractivity contribution in [3.05, 3.63) is 142 Å². The van der Waals surface area contributed by atoms with Gasteiger partial charge in [0.15, 0.2) is 18.2 Å². The van der Waals surface area contributed by atoms with Gasteiger partial charge in [0.05, 0.1) is 19.3 Å². The fraction of sp³-hybridized carbons (Fsp3) is 0.349. The van der Waals surface area contributed by atoms with Crippen molar-refractivity contribution in [1.82, 2.24) is 14.1 Å². The summed E-state index contributed by atoms with van der Waals surface area (Å²) in [5.74, 6) is -0.0146. The van der Waals surface area contributed by atoms with E-state index in [-0.39, 0.29) is 28.2 Å². The summed E-state index contributed by atoms with van der Waals surface area (Å²) >= 11 is 0. The van der Waals surface area contributed by atoms with Crippen LogP contribution in [0.4, 0.5) is 14.9 Å². The van der Waals surface area contributed by atoms with Crippen LogP contribution in [0, 0.1) is 10.6 Å². The third kappa shape index (κ3) is 5.91. The first-order chi connectivity index (χ1) is 26.1. The van der Waals surface area contributed by atoms with E-state index in [2.05, 4.69) is 44.3 Å². The van der Waals surface area contributed by atoms with Gasteiger partial charge in [-0.15, -0.1) is 0 Å². The molecular formula is C43H48FN5O4SSi. The van der Waals surface area contributed by atoms with Gasteiger partial charge < -0.3 is 14.5 Å². The van der Waals surface area contributed by atoms with Crippen LogP contribution in [0.2, 0.25) is 18.1 Å². The number of nitrogens with zero attached hydrogens (tertiary/aromatic N) is 3. The molecule has 0 bridgehead atoms. The standard InChI is InChI=1S/C43H48FN5O4SSi/c1-41(2,3)55(5,6)52-28-42(4)27-48-39(53-42)36(26-46-48)54(45,51)49(40(50)47-38-34-24-22-32(34)37(44)33-23-25-35(33)38)43(29-16-10-7-11-17-29,30-18-12-8-13-19-30)31-20-14-9-15-21-31/h7-21,26,45H,22-25,27-28H2,1-6H3,(H,47,50). The second-order valence-electron chi connectivity index (χ2n) is 16.7. The molecule has 4 aromatic carbocycles. The molecule has 2 aliphatic carbocycles. The largest absolute Gasteiger partial charge is 0.466 e. The molecule has 1 aliphatic heterocycles. The van der Waals surface area contributed by atoms with Gasteiger partial charge in [-0.05, 0) is 89.7 Å². The van der Waals surface area contributed by atoms with Crippen molar-refractivity contribution in [1.29, 1.82) is 4.78 Å². The predicted molar refractivity (Wildman–Crippen MR) is 215 cm³/mol. The Morgan fingerprint density at radius 1 is 0.909 bits per heavy atom. The number of benzene rings is 4. The first-order valence-electron chi connectivity index (χ1n) is 18.9. The number of carbonyl (C=O) groups is 1. The number of aromatic nitrogens is 2. The first kappa shape index (κ1) is 37.2. The maximum Gasteiger partial charge on any atom is 0.336 e. The van der Waals surface area contributed by atoms with E-state index in [1.807, 2.05) is 97.9 Å². The van der Waals surface area contributed by atoms with Crippen LogP contribution in [0.1, 0.15) is 66.6 Å². The number of nitrogens with one attached hydrogen (secondary N) is 2. The molecular weight excluding hydrogens is 730 g/mol. The van der Waals surface area contributed by atoms with E-state index < -0.39 is 35.4 Å². The molecule has 2 heterocycles. The van der Waals surface area contributed by atoms with E-state index in [1.165, 1.54) is 10.5 Å². The first-order valence-corrected chi connectivity index (χ1v) is 23.3. The van der Waals surface area contributed by atoms with Gasteiger partial charge in [-0.1, -0.05) is 112 Å². The molecule has 0 saturated heterocycles. The van der Waals surface area contributed by atoms with E-state index >= 15 is 13.4 Å². The predicted octanol–water partition coefficient (Wildman–Crippen LogP) is 9.24. The van der Waals surface area contributed by atoms with E-state index in [0.717, 1.165) is 11.1 Å². The molecule has 3 aliphatic rings. The zero-order valence-corrected chi connectivity index (χ0v) is 34.1. The SMILES string of the molecule is CC1(CO[Si](C)(C)C(C)(C)C)Cn2ncc(S(=N)(=O)N(C(=O)Nc3c4c(c(F)c5c3CC5)CC4)C(c3ccccc3)(c3ccccc3)c3ccccc3)c2O1. The van der Waals surface area contributed by atoms with Crippen molar-refractivity contribution < 1.29 is 22.6 Å². The summed E-state index contributed by atoms with van der Waals surface area (Å²) in [7, 11) is -6.49. The Kier molecular flexibility index (Phi) is 8.90. The van der Waals surface area contributed by atoms with Gasteiger partial charge in [-0.2, -0.15) is 5.10 Å². The fourth-order valence-corrected chi connectivity index (χ4v) is 10.7. The Morgan fingerprint density at radius 3 is 1.82 bits per heavy atom. The van der Waals surface area contributed by atoms with Gasteiger partial charge in [-0.25, -0.2) is 27.2 Å². The summed E-state index contributed by atoms with van der Waals surface area (Å²) in [6.07, 6.45) is 3.81. The van der Waals surface area contributed by atoms with E-state index in [1.54, 1.807) is 4.68 Å². The van der Waals surface area contributed by atoms with E-state index in [9.17, 15) is 4.78 Å². The summed E-state index contributed by atoms with van der Waals surface area (Å²) in [6.45, 7) is 13.4. The Balaban J connectivity index is 1.32. The number of rotatable bonds is 10. The van der Waals surface area contributed by atoms with Crippen LogP contribution in [0.3, 0.4) is 0 Å². The van der Waals surface area contributed by atoms with Gasteiger partial charge in [0.2, 0.25) is 5.88 Å². The van der Waals surface area contributed by atoms with Gasteiger partial charge in [0.1, 0.15) is 21.9 Å². The van der Waals surface area contributed by atoms with Crippen LogP contribution >= 0.6 is 0 Å². The normalized spacial score (nSPS) is 18.5. The van der Waals surface area contributed by atoms with Crippen LogP contribution in [0.15, 0.2) is 102 Å². The number of halogens is 1. The van der Waals surface area contributed by atoms with Crippen molar-refractivity contribution in [2.75, 3.05) is 11.9 Å². The molecule has 0 saturated carbocycles. The Morgan fingerprint density at radius 2 is 1.38 bits per heavy atom. The maximum atomic E-state index is 16.1. The lowest BCUT2D eigenvalue weighted by Gasteiger charge is -2.45. The Labute approximate surface area is 324 Å². The lowest BCUT2D eigenvalue weighted by atomic mass is 9.75. The summed E-state index contributed by atoms with van der Waals surface area (Å²) in [4.78, 5) is 15.5. The molecule has 2 N–H and O–H groups in total. The number of urea groups is 1. The molecule has 0 radical (unpaired) electrons. The average Bonchev–Trinajstić information content (AvgIpc) is 3.66. The van der Waals surface area contributed by atoms with Crippen LogP contribution in [0.25, 0.3) is 0 Å². The highest BCUT2D eigenvalue weighted by Crippen LogP contribution is 2.49. The van der Waals surface area contributed by atoms with Crippen LogP contribution < -0.4 is 10.1 Å². The number of anilines is 1. The minimum Gasteiger partial charge on any atom is -0.466 e. The number of amides is 2. The number of ether oxygens (including phenoxy) is 1. The van der Waals surface area contributed by atoms with Crippen LogP contribution in [0.5, 0.6) is 5.88 Å². The van der Waals surface area contributed by atoms with E-state index in [0.29, 0.717) is 65.7 Å². The average molecular weight is 778 g/mol. The second-order valence-corrected chi connectivity index (χ2v) is 23.4. The maximum absolute atomic E-state index is 16.1. The monoisotopic (exact) mass is 777 g/mol. The molecule has 286 valence electrons. The zero-order valence-electron chi connectivity index (χ0n) is 32.2. The number of hydrogen-bond acceptors (Lipinski definition) is 6. The zero-order chi connectivity index (χ0) is 39.0. The Bertz CT molecular complexity index is 2270. The summed E-state index contributed by atoms with van der Waals surface area (Å²) in [5.41, 5.74) is 2.74. The summed E-state index contributed by atoms with van der Waals surface area (Å²) < 4.78 is 57.7. The molecule has 0 spiro atoms. The summed E-state index contributed by atoms with van der Waals surface area (Å²) in [6, 6.07) is 27.5. The smallest absolute Gasteiger partial charge is 0.336 e. The van der Waals surface area contributed by atoms with Crippen molar-refractivity contribution in [3.8, 4) is 5.88 Å². The lowest BCUT2D eigenvalue weighted by Crippen LogP contribution is -2.55. The lowest BCUT2D eigenvalue weighted by molar-refractivity contribution is 0.0449. The molecule has 12 heteroatoms. The topological polar surface area (TPSA) is 110 Å². The molecule has 0 fully saturated rings. The van der Waals surface area contributed by atoms with Crippen LogP contribution in [-0.2, 0) is 52.1 Å². The number of hydrogen-bond donors (Lipinski definition) is 2. The Hall–Kier alpha value is -4.78. The van der Waals surface area contributed by atoms with Crippen molar-refractivity contribution in [2.24, 2.45) is 0 Å². The third-order valence-electron chi connectivity index (χ3n) is 12.1. The molecule has 8 rings (SSSR count). The highest BCUT2D eigenvalue weighted by Gasteiger charge is 2.53. The van der Waals surface area contributed by atoms with Gasteiger partial charge in [-0.3, -0.25) is 0 Å². The second kappa shape index (κ2) is 13.2. The van der Waals surface area contributed by atoms with Gasteiger partial charge in [0, 0.05) is 5.69 Å². The number of carbonyl (C=O) groups excluding carboxylic acids is 1. The minimum absolute atomic E-state index is 0.0214. The molecule has 1 aromatic heterocycles. The highest BCUT2D eigenvalue weighted by atomic mass is 32.2. The fourth-order valence-electron chi connectivity index (χ4n) is 7.88. The van der Waals surface area contributed by atoms with Crippen molar-refractivity contribution in [2.45, 2.75) is 94.1 Å². The minimum atomic E-state index is -4.33. The summed E-state index contributed by atoms with van der Waals surface area (Å²) in [5, 5.41) is 7.73. The van der Waals surface area contributed by atoms with Crippen molar-refractivity contribution >= 4 is 30.0 Å². The highest BCUT2D eigenvalue weighted by molar-refractivity contribution is 7.90. The molecule has 2 amide bonds. The third-order valence-corrected chi connectivity index (χ3v) is 18.4. The van der Waals surface area contributed by atoms with Crippen molar-refractivity contribution in [3.63, 3.8) is 0 Å². The molecule has 9 nitrogen and oxygen atoms in total. The molecule has 5 aromatic rings.